The Morgan fingerprint density at radius 2 is 2.11 bits per heavy atom. The van der Waals surface area contributed by atoms with Gasteiger partial charge in [0.2, 0.25) is 0 Å². The van der Waals surface area contributed by atoms with E-state index in [-0.39, 0.29) is 11.5 Å². The molecule has 1 aliphatic rings. The molecule has 0 saturated carbocycles. The fourth-order valence-corrected chi connectivity index (χ4v) is 3.44. The first kappa shape index (κ1) is 15.7. The van der Waals surface area contributed by atoms with Crippen LogP contribution < -0.4 is 0 Å². The van der Waals surface area contributed by atoms with Gasteiger partial charge in [-0.25, -0.2) is 8.42 Å². The molecule has 4 heteroatoms. The molecule has 0 aliphatic heterocycles. The Bertz CT molecular complexity index is 387. The smallest absolute Gasteiger partial charge is 0.151 e. The topological polar surface area (TPSA) is 37.4 Å². The minimum absolute atomic E-state index is 0.250. The zero-order valence-electron chi connectivity index (χ0n) is 12.1. The van der Waals surface area contributed by atoms with Gasteiger partial charge >= 0.3 is 0 Å². The maximum Gasteiger partial charge on any atom is 0.151 e. The molecule has 0 N–H and O–H groups in total. The SMILES string of the molecule is CCS(=O)(=O)CCN(C)C[C@@H]1C(C)=CCC[C@@H]1C. The number of hydrogen-bond donors (Lipinski definition) is 0. The molecule has 0 saturated heterocycles. The van der Waals surface area contributed by atoms with Crippen molar-refractivity contribution in [2.24, 2.45) is 11.8 Å². The van der Waals surface area contributed by atoms with Gasteiger partial charge in [0.15, 0.2) is 9.84 Å². The summed E-state index contributed by atoms with van der Waals surface area (Å²) in [5.74, 6) is 1.83. The quantitative estimate of drug-likeness (QED) is 0.697. The molecule has 18 heavy (non-hydrogen) atoms. The molecule has 0 spiro atoms. The van der Waals surface area contributed by atoms with Crippen molar-refractivity contribution >= 4 is 9.84 Å². The van der Waals surface area contributed by atoms with Gasteiger partial charge < -0.3 is 4.90 Å². The highest BCUT2D eigenvalue weighted by Crippen LogP contribution is 2.30. The predicted molar refractivity (Wildman–Crippen MR) is 77.5 cm³/mol. The highest BCUT2D eigenvalue weighted by atomic mass is 32.2. The largest absolute Gasteiger partial charge is 0.305 e. The molecule has 0 bridgehead atoms. The molecule has 0 aromatic rings. The third kappa shape index (κ3) is 4.73. The molecule has 0 amide bonds. The second-order valence-corrected chi connectivity index (χ2v) is 8.08. The Balaban J connectivity index is 2.47. The van der Waals surface area contributed by atoms with Crippen LogP contribution >= 0.6 is 0 Å². The average Bonchev–Trinajstić information content (AvgIpc) is 2.32. The fourth-order valence-electron chi connectivity index (χ4n) is 2.57. The highest BCUT2D eigenvalue weighted by molar-refractivity contribution is 7.91. The van der Waals surface area contributed by atoms with Crippen molar-refractivity contribution in [1.29, 1.82) is 0 Å². The molecule has 106 valence electrons. The van der Waals surface area contributed by atoms with Gasteiger partial charge in [0.25, 0.3) is 0 Å². The summed E-state index contributed by atoms with van der Waals surface area (Å²) in [7, 11) is -0.811. The number of rotatable bonds is 6. The summed E-state index contributed by atoms with van der Waals surface area (Å²) in [6.45, 7) is 7.84. The molecule has 3 nitrogen and oxygen atoms in total. The van der Waals surface area contributed by atoms with Gasteiger partial charge in [-0.1, -0.05) is 25.5 Å². The van der Waals surface area contributed by atoms with E-state index in [1.54, 1.807) is 6.92 Å². The van der Waals surface area contributed by atoms with Gasteiger partial charge in [-0.15, -0.1) is 0 Å². The summed E-state index contributed by atoms with van der Waals surface area (Å²) in [6, 6.07) is 0. The Hall–Kier alpha value is -0.350. The molecule has 0 aromatic carbocycles. The third-order valence-electron chi connectivity index (χ3n) is 4.09. The molecule has 0 heterocycles. The van der Waals surface area contributed by atoms with Crippen molar-refractivity contribution in [3.05, 3.63) is 11.6 Å². The molecule has 0 radical (unpaired) electrons. The highest BCUT2D eigenvalue weighted by Gasteiger charge is 2.23. The molecule has 0 fully saturated rings. The van der Waals surface area contributed by atoms with Crippen LogP contribution in [0.4, 0.5) is 0 Å². The van der Waals surface area contributed by atoms with Crippen LogP contribution in [0.15, 0.2) is 11.6 Å². The first-order chi connectivity index (χ1) is 8.35. The first-order valence-electron chi connectivity index (χ1n) is 6.91. The Labute approximate surface area is 112 Å². The Morgan fingerprint density at radius 3 is 2.67 bits per heavy atom. The zero-order chi connectivity index (χ0) is 13.8. The summed E-state index contributed by atoms with van der Waals surface area (Å²) >= 11 is 0. The zero-order valence-corrected chi connectivity index (χ0v) is 13.0. The lowest BCUT2D eigenvalue weighted by Gasteiger charge is -2.32. The van der Waals surface area contributed by atoms with E-state index in [1.165, 1.54) is 18.4 Å². The van der Waals surface area contributed by atoms with Crippen molar-refractivity contribution in [2.45, 2.75) is 33.6 Å². The minimum Gasteiger partial charge on any atom is -0.305 e. The summed E-state index contributed by atoms with van der Waals surface area (Å²) in [4.78, 5) is 2.16. The number of sulfone groups is 1. The van der Waals surface area contributed by atoms with Crippen molar-refractivity contribution in [2.75, 3.05) is 31.6 Å². The first-order valence-corrected chi connectivity index (χ1v) is 8.73. The summed E-state index contributed by atoms with van der Waals surface area (Å²) in [5.41, 5.74) is 1.47. The van der Waals surface area contributed by atoms with Crippen LogP contribution in [-0.2, 0) is 9.84 Å². The van der Waals surface area contributed by atoms with E-state index in [0.29, 0.717) is 18.4 Å². The van der Waals surface area contributed by atoms with Gasteiger partial charge in [-0.05, 0) is 38.6 Å². The Morgan fingerprint density at radius 1 is 1.44 bits per heavy atom. The van der Waals surface area contributed by atoms with Crippen LogP contribution in [0.2, 0.25) is 0 Å². The van der Waals surface area contributed by atoms with E-state index >= 15 is 0 Å². The monoisotopic (exact) mass is 273 g/mol. The van der Waals surface area contributed by atoms with Gasteiger partial charge in [0, 0.05) is 18.8 Å². The standard InChI is InChI=1S/C14H27NO2S/c1-5-18(16,17)10-9-15(4)11-14-12(2)7-6-8-13(14)3/h7,13-14H,5-6,8-11H2,1-4H3/t13-,14+/m0/s1. The van der Waals surface area contributed by atoms with Crippen LogP contribution in [-0.4, -0.2) is 45.0 Å². The Kier molecular flexibility index (Phi) is 5.86. The van der Waals surface area contributed by atoms with E-state index < -0.39 is 9.84 Å². The van der Waals surface area contributed by atoms with Crippen molar-refractivity contribution < 1.29 is 8.42 Å². The van der Waals surface area contributed by atoms with Gasteiger partial charge in [-0.2, -0.15) is 0 Å². The van der Waals surface area contributed by atoms with Crippen molar-refractivity contribution in [3.8, 4) is 0 Å². The lowest BCUT2D eigenvalue weighted by atomic mass is 9.80. The second-order valence-electron chi connectivity index (χ2n) is 5.61. The average molecular weight is 273 g/mol. The lowest BCUT2D eigenvalue weighted by molar-refractivity contribution is 0.248. The summed E-state index contributed by atoms with van der Waals surface area (Å²) < 4.78 is 23.0. The second kappa shape index (κ2) is 6.71. The molecule has 0 aromatic heterocycles. The van der Waals surface area contributed by atoms with Crippen LogP contribution in [0.5, 0.6) is 0 Å². The number of allylic oxidation sites excluding steroid dienone is 1. The van der Waals surface area contributed by atoms with E-state index in [1.807, 2.05) is 7.05 Å². The molecule has 0 unspecified atom stereocenters. The minimum atomic E-state index is -2.84. The van der Waals surface area contributed by atoms with E-state index in [4.69, 9.17) is 0 Å². The lowest BCUT2D eigenvalue weighted by Crippen LogP contribution is -2.34. The van der Waals surface area contributed by atoms with E-state index in [2.05, 4.69) is 24.8 Å². The molecule has 1 aliphatic carbocycles. The third-order valence-corrected chi connectivity index (χ3v) is 5.78. The van der Waals surface area contributed by atoms with Crippen LogP contribution in [0.3, 0.4) is 0 Å². The van der Waals surface area contributed by atoms with E-state index in [0.717, 1.165) is 6.54 Å². The van der Waals surface area contributed by atoms with Crippen LogP contribution in [0, 0.1) is 11.8 Å². The molecular formula is C14H27NO2S. The predicted octanol–water partition coefficient (Wildman–Crippen LogP) is 2.35. The fraction of sp³-hybridized carbons (Fsp3) is 0.857. The molecular weight excluding hydrogens is 246 g/mol. The molecule has 1 rings (SSSR count). The van der Waals surface area contributed by atoms with Crippen molar-refractivity contribution in [1.82, 2.24) is 4.90 Å². The van der Waals surface area contributed by atoms with Crippen LogP contribution in [0.1, 0.15) is 33.6 Å². The molecule has 2 atom stereocenters. The number of hydrogen-bond acceptors (Lipinski definition) is 3. The van der Waals surface area contributed by atoms with Crippen LogP contribution in [0.25, 0.3) is 0 Å². The van der Waals surface area contributed by atoms with Gasteiger partial charge in [0.1, 0.15) is 0 Å². The maximum atomic E-state index is 11.5. The van der Waals surface area contributed by atoms with E-state index in [9.17, 15) is 8.42 Å². The van der Waals surface area contributed by atoms with Crippen molar-refractivity contribution in [3.63, 3.8) is 0 Å². The summed E-state index contributed by atoms with van der Waals surface area (Å²) in [6.07, 6.45) is 4.78. The number of nitrogens with zero attached hydrogens (tertiary/aromatic N) is 1. The van der Waals surface area contributed by atoms with Gasteiger partial charge in [0.05, 0.1) is 5.75 Å². The van der Waals surface area contributed by atoms with Gasteiger partial charge in [-0.3, -0.25) is 0 Å². The maximum absolute atomic E-state index is 11.5. The normalized spacial score (nSPS) is 25.3. The summed E-state index contributed by atoms with van der Waals surface area (Å²) in [5, 5.41) is 0.